The van der Waals surface area contributed by atoms with E-state index in [0.717, 1.165) is 5.56 Å². The van der Waals surface area contributed by atoms with Gasteiger partial charge >= 0.3 is 0 Å². The summed E-state index contributed by atoms with van der Waals surface area (Å²) in [6.07, 6.45) is 0. The number of benzene rings is 3. The number of rotatable bonds is 6. The summed E-state index contributed by atoms with van der Waals surface area (Å²) in [5.74, 6) is -0.145. The highest BCUT2D eigenvalue weighted by atomic mass is 35.5. The van der Waals surface area contributed by atoms with Gasteiger partial charge in [0, 0.05) is 19.7 Å². The van der Waals surface area contributed by atoms with Gasteiger partial charge in [-0.25, -0.2) is 4.39 Å². The third kappa shape index (κ3) is 4.40. The second-order valence-corrected chi connectivity index (χ2v) is 8.69. The topological polar surface area (TPSA) is 51.0 Å². The van der Waals surface area contributed by atoms with E-state index in [2.05, 4.69) is 10.2 Å². The van der Waals surface area contributed by atoms with Gasteiger partial charge in [-0.05, 0) is 29.8 Å². The fraction of sp³-hybridized carbons (Fsp3) is 0.125. The molecule has 0 aliphatic heterocycles. The van der Waals surface area contributed by atoms with Gasteiger partial charge in [0.2, 0.25) is 5.91 Å². The van der Waals surface area contributed by atoms with Crippen molar-refractivity contribution >= 4 is 29.3 Å². The molecule has 3 aromatic carbocycles. The molecule has 32 heavy (non-hydrogen) atoms. The van der Waals surface area contributed by atoms with Crippen LogP contribution in [-0.4, -0.2) is 39.7 Å². The molecule has 1 aromatic heterocycles. The lowest BCUT2D eigenvalue weighted by molar-refractivity contribution is -0.128. The van der Waals surface area contributed by atoms with Crippen LogP contribution in [0.1, 0.15) is 10.8 Å². The zero-order valence-electron chi connectivity index (χ0n) is 17.4. The van der Waals surface area contributed by atoms with Crippen LogP contribution in [0.4, 0.5) is 4.39 Å². The predicted octanol–water partition coefficient (Wildman–Crippen LogP) is 5.65. The van der Waals surface area contributed by atoms with Crippen molar-refractivity contribution in [2.24, 2.45) is 0 Å². The Morgan fingerprint density at radius 3 is 2.31 bits per heavy atom. The SMILES string of the molecule is CN(C)C(=O)[C@H](Sc1nnc(-c2ccccc2Cl)n1-c1ccccc1F)c1ccccc1. The van der Waals surface area contributed by atoms with Gasteiger partial charge in [-0.2, -0.15) is 0 Å². The third-order valence-corrected chi connectivity index (χ3v) is 6.35. The van der Waals surface area contributed by atoms with Crippen LogP contribution < -0.4 is 0 Å². The Hall–Kier alpha value is -3.16. The predicted molar refractivity (Wildman–Crippen MR) is 125 cm³/mol. The molecule has 0 aliphatic carbocycles. The largest absolute Gasteiger partial charge is 0.348 e. The molecule has 0 aliphatic rings. The molecule has 0 spiro atoms. The molecule has 0 fully saturated rings. The van der Waals surface area contributed by atoms with Gasteiger partial charge in [0.1, 0.15) is 11.1 Å². The van der Waals surface area contributed by atoms with Crippen LogP contribution in [0.2, 0.25) is 5.02 Å². The molecule has 0 bridgehead atoms. The Balaban J connectivity index is 1.88. The molecule has 1 atom stereocenters. The lowest BCUT2D eigenvalue weighted by Gasteiger charge is -2.21. The van der Waals surface area contributed by atoms with Crippen molar-refractivity contribution in [3.63, 3.8) is 0 Å². The van der Waals surface area contributed by atoms with Crippen molar-refractivity contribution in [1.82, 2.24) is 19.7 Å². The molecule has 1 amide bonds. The quantitative estimate of drug-likeness (QED) is 0.345. The molecule has 0 saturated carbocycles. The number of carbonyl (C=O) groups excluding carboxylic acids is 1. The molecule has 0 radical (unpaired) electrons. The Morgan fingerprint density at radius 2 is 1.62 bits per heavy atom. The van der Waals surface area contributed by atoms with Crippen molar-refractivity contribution in [1.29, 1.82) is 0 Å². The Bertz CT molecular complexity index is 1250. The fourth-order valence-electron chi connectivity index (χ4n) is 3.24. The zero-order valence-corrected chi connectivity index (χ0v) is 19.0. The van der Waals surface area contributed by atoms with E-state index in [4.69, 9.17) is 11.6 Å². The number of halogens is 2. The number of para-hydroxylation sites is 1. The smallest absolute Gasteiger partial charge is 0.240 e. The van der Waals surface area contributed by atoms with Crippen LogP contribution in [0.5, 0.6) is 0 Å². The van der Waals surface area contributed by atoms with Crippen LogP contribution >= 0.6 is 23.4 Å². The maximum Gasteiger partial charge on any atom is 0.240 e. The zero-order chi connectivity index (χ0) is 22.7. The maximum absolute atomic E-state index is 14.9. The van der Waals surface area contributed by atoms with Gasteiger partial charge in [0.15, 0.2) is 11.0 Å². The van der Waals surface area contributed by atoms with Crippen molar-refractivity contribution in [3.8, 4) is 17.1 Å². The summed E-state index contributed by atoms with van der Waals surface area (Å²) >= 11 is 7.64. The minimum Gasteiger partial charge on any atom is -0.348 e. The highest BCUT2D eigenvalue weighted by molar-refractivity contribution is 8.00. The summed E-state index contributed by atoms with van der Waals surface area (Å²) in [5, 5.41) is 8.94. The van der Waals surface area contributed by atoms with Gasteiger partial charge in [-0.3, -0.25) is 9.36 Å². The van der Waals surface area contributed by atoms with E-state index in [0.29, 0.717) is 21.6 Å². The van der Waals surface area contributed by atoms with Crippen LogP contribution in [0.3, 0.4) is 0 Å². The standard InChI is InChI=1S/C24H20ClFN4OS/c1-29(2)23(31)21(16-10-4-3-5-11-16)32-24-28-27-22(17-12-6-7-13-18(17)25)30(24)20-15-9-8-14-19(20)26/h3-15,21H,1-2H3/t21-/m1/s1. The van der Waals surface area contributed by atoms with E-state index in [1.807, 2.05) is 42.5 Å². The molecule has 1 heterocycles. The molecule has 162 valence electrons. The first-order chi connectivity index (χ1) is 15.5. The number of nitrogens with zero attached hydrogens (tertiary/aromatic N) is 4. The average molecular weight is 467 g/mol. The van der Waals surface area contributed by atoms with E-state index in [9.17, 15) is 9.18 Å². The minimum absolute atomic E-state index is 0.108. The van der Waals surface area contributed by atoms with Gasteiger partial charge in [0.25, 0.3) is 0 Å². The van der Waals surface area contributed by atoms with E-state index >= 15 is 0 Å². The van der Waals surface area contributed by atoms with Gasteiger partial charge in [-0.1, -0.05) is 78.0 Å². The fourth-order valence-corrected chi connectivity index (χ4v) is 4.66. The van der Waals surface area contributed by atoms with Crippen LogP contribution in [-0.2, 0) is 4.79 Å². The minimum atomic E-state index is -0.583. The first-order valence-corrected chi connectivity index (χ1v) is 11.1. The van der Waals surface area contributed by atoms with E-state index in [1.165, 1.54) is 22.7 Å². The number of thioether (sulfide) groups is 1. The summed E-state index contributed by atoms with van der Waals surface area (Å²) in [7, 11) is 3.41. The van der Waals surface area contributed by atoms with Crippen molar-refractivity contribution in [2.45, 2.75) is 10.4 Å². The lowest BCUT2D eigenvalue weighted by atomic mass is 10.1. The summed E-state index contributed by atoms with van der Waals surface area (Å²) in [4.78, 5) is 14.6. The summed E-state index contributed by atoms with van der Waals surface area (Å²) in [6.45, 7) is 0. The molecule has 4 rings (SSSR count). The molecule has 0 unspecified atom stereocenters. The molecule has 4 aromatic rings. The molecule has 8 heteroatoms. The summed E-state index contributed by atoms with van der Waals surface area (Å²) in [6, 6.07) is 23.0. The number of amides is 1. The first kappa shape index (κ1) is 22.0. The first-order valence-electron chi connectivity index (χ1n) is 9.85. The Labute approximate surface area is 194 Å². The molecule has 0 saturated heterocycles. The van der Waals surface area contributed by atoms with Gasteiger partial charge in [-0.15, -0.1) is 10.2 Å². The van der Waals surface area contributed by atoms with Crippen molar-refractivity contribution in [3.05, 3.63) is 95.3 Å². The van der Waals surface area contributed by atoms with E-state index < -0.39 is 11.1 Å². The summed E-state index contributed by atoms with van der Waals surface area (Å²) < 4.78 is 16.5. The van der Waals surface area contributed by atoms with E-state index in [1.54, 1.807) is 49.0 Å². The Morgan fingerprint density at radius 1 is 0.969 bits per heavy atom. The molecular formula is C24H20ClFN4OS. The van der Waals surface area contributed by atoms with E-state index in [-0.39, 0.29) is 11.6 Å². The highest BCUT2D eigenvalue weighted by Crippen LogP contribution is 2.39. The van der Waals surface area contributed by atoms with Crippen LogP contribution in [0.15, 0.2) is 84.0 Å². The number of carbonyl (C=O) groups is 1. The van der Waals surface area contributed by atoms with Crippen molar-refractivity contribution in [2.75, 3.05) is 14.1 Å². The molecule has 0 N–H and O–H groups in total. The Kier molecular flexibility index (Phi) is 6.58. The summed E-state index contributed by atoms with van der Waals surface area (Å²) in [5.41, 5.74) is 1.71. The number of likely N-dealkylation sites (N-methyl/N-ethyl adjacent to an activating group) is 1. The normalized spacial score (nSPS) is 11.9. The molecular weight excluding hydrogens is 447 g/mol. The number of aromatic nitrogens is 3. The second kappa shape index (κ2) is 9.54. The van der Waals surface area contributed by atoms with Crippen molar-refractivity contribution < 1.29 is 9.18 Å². The second-order valence-electron chi connectivity index (χ2n) is 7.21. The molecule has 5 nitrogen and oxygen atoms in total. The highest BCUT2D eigenvalue weighted by Gasteiger charge is 2.28. The monoisotopic (exact) mass is 466 g/mol. The number of hydrogen-bond acceptors (Lipinski definition) is 4. The maximum atomic E-state index is 14.9. The van der Waals surface area contributed by atoms with Crippen LogP contribution in [0, 0.1) is 5.82 Å². The lowest BCUT2D eigenvalue weighted by Crippen LogP contribution is -2.27. The van der Waals surface area contributed by atoms with Gasteiger partial charge in [0.05, 0.1) is 10.7 Å². The average Bonchev–Trinajstić information content (AvgIpc) is 3.21. The number of hydrogen-bond donors (Lipinski definition) is 0. The third-order valence-electron chi connectivity index (χ3n) is 4.83. The van der Waals surface area contributed by atoms with Crippen LogP contribution in [0.25, 0.3) is 17.1 Å². The van der Waals surface area contributed by atoms with Gasteiger partial charge < -0.3 is 4.90 Å².